The van der Waals surface area contributed by atoms with E-state index >= 15 is 0 Å². The van der Waals surface area contributed by atoms with Gasteiger partial charge < -0.3 is 5.11 Å². The maximum absolute atomic E-state index is 9.36. The first-order valence-corrected chi connectivity index (χ1v) is 3.48. The van der Waals surface area contributed by atoms with Crippen molar-refractivity contribution in [1.82, 2.24) is 0 Å². The van der Waals surface area contributed by atoms with Crippen LogP contribution in [0.5, 0.6) is 5.75 Å². The van der Waals surface area contributed by atoms with Crippen molar-refractivity contribution in [1.29, 1.82) is 0 Å². The average molecular weight is 144 g/mol. The third-order valence-corrected chi connectivity index (χ3v) is 1.88. The third-order valence-electron chi connectivity index (χ3n) is 1.88. The van der Waals surface area contributed by atoms with E-state index in [1.54, 1.807) is 6.07 Å². The Kier molecular flexibility index (Phi) is 1.13. The molecule has 0 amide bonds. The van der Waals surface area contributed by atoms with Crippen molar-refractivity contribution in [2.75, 3.05) is 0 Å². The Morgan fingerprint density at radius 3 is 2.73 bits per heavy atom. The molecule has 2 rings (SSSR count). The summed E-state index contributed by atoms with van der Waals surface area (Å²) in [5.74, 6) is 0.331. The van der Waals surface area contributed by atoms with Crippen LogP contribution in [0.15, 0.2) is 30.9 Å². The maximum Gasteiger partial charge on any atom is 0.123 e. The lowest BCUT2D eigenvalue weighted by atomic mass is 10.1. The van der Waals surface area contributed by atoms with Gasteiger partial charge in [0.1, 0.15) is 5.75 Å². The molecule has 1 heteroatoms. The van der Waals surface area contributed by atoms with Gasteiger partial charge in [0.15, 0.2) is 0 Å². The van der Waals surface area contributed by atoms with Gasteiger partial charge in [-0.05, 0) is 17.2 Å². The Balaban J connectivity index is 2.74. The van der Waals surface area contributed by atoms with Crippen LogP contribution in [0, 0.1) is 0 Å². The van der Waals surface area contributed by atoms with Gasteiger partial charge in [0.2, 0.25) is 0 Å². The van der Waals surface area contributed by atoms with E-state index in [0.29, 0.717) is 5.75 Å². The Bertz CT molecular complexity index is 348. The van der Waals surface area contributed by atoms with Crippen molar-refractivity contribution >= 4 is 11.6 Å². The highest BCUT2D eigenvalue weighted by Crippen LogP contribution is 2.33. The van der Waals surface area contributed by atoms with Crippen molar-refractivity contribution in [3.05, 3.63) is 42.0 Å². The number of rotatable bonds is 0. The fourth-order valence-electron chi connectivity index (χ4n) is 1.28. The zero-order valence-electron chi connectivity index (χ0n) is 6.04. The van der Waals surface area contributed by atoms with Gasteiger partial charge in [0, 0.05) is 5.56 Å². The molecule has 11 heavy (non-hydrogen) atoms. The molecule has 0 heterocycles. The molecule has 1 N–H and O–H groups in total. The molecule has 0 atom stereocenters. The molecule has 0 saturated carbocycles. The van der Waals surface area contributed by atoms with Gasteiger partial charge in [0.05, 0.1) is 0 Å². The second-order valence-electron chi connectivity index (χ2n) is 2.60. The summed E-state index contributed by atoms with van der Waals surface area (Å²) >= 11 is 0. The summed E-state index contributed by atoms with van der Waals surface area (Å²) in [5.41, 5.74) is 2.89. The number of benzene rings is 1. The normalized spacial score (nSPS) is 13.6. The first kappa shape index (κ1) is 6.23. The number of fused-ring (bicyclic) bond motifs is 1. The van der Waals surface area contributed by atoms with Gasteiger partial charge in [-0.15, -0.1) is 0 Å². The number of phenols is 1. The minimum absolute atomic E-state index is 0.331. The first-order chi connectivity index (χ1) is 5.29. The fourth-order valence-corrected chi connectivity index (χ4v) is 1.28. The van der Waals surface area contributed by atoms with E-state index in [2.05, 4.69) is 6.58 Å². The highest BCUT2D eigenvalue weighted by molar-refractivity contribution is 5.90. The maximum atomic E-state index is 9.36. The molecule has 0 unspecified atom stereocenters. The molecule has 1 aliphatic carbocycles. The number of hydrogen-bond donors (Lipinski definition) is 1. The molecule has 0 radical (unpaired) electrons. The van der Waals surface area contributed by atoms with E-state index in [4.69, 9.17) is 0 Å². The molecule has 54 valence electrons. The lowest BCUT2D eigenvalue weighted by Crippen LogP contribution is -1.78. The van der Waals surface area contributed by atoms with Crippen molar-refractivity contribution in [2.45, 2.75) is 0 Å². The fraction of sp³-hybridized carbons (Fsp3) is 0. The number of hydrogen-bond acceptors (Lipinski definition) is 1. The van der Waals surface area contributed by atoms with Gasteiger partial charge in [-0.2, -0.15) is 0 Å². The summed E-state index contributed by atoms with van der Waals surface area (Å²) < 4.78 is 0. The average Bonchev–Trinajstić information content (AvgIpc) is 2.35. The second-order valence-corrected chi connectivity index (χ2v) is 2.60. The third kappa shape index (κ3) is 0.777. The van der Waals surface area contributed by atoms with Crippen LogP contribution in [-0.2, 0) is 0 Å². The van der Waals surface area contributed by atoms with Gasteiger partial charge >= 0.3 is 0 Å². The SMILES string of the molecule is C=C1C=Cc2c(O)cccc21. The first-order valence-electron chi connectivity index (χ1n) is 3.48. The molecule has 0 aromatic heterocycles. The molecule has 1 aromatic rings. The summed E-state index contributed by atoms with van der Waals surface area (Å²) in [6.07, 6.45) is 3.79. The van der Waals surface area contributed by atoms with E-state index in [9.17, 15) is 5.11 Å². The highest BCUT2D eigenvalue weighted by atomic mass is 16.3. The molecule has 1 aromatic carbocycles. The minimum Gasteiger partial charge on any atom is -0.507 e. The smallest absolute Gasteiger partial charge is 0.123 e. The van der Waals surface area contributed by atoms with Crippen LogP contribution in [0.2, 0.25) is 0 Å². The largest absolute Gasteiger partial charge is 0.507 e. The Labute approximate surface area is 65.3 Å². The second kappa shape index (κ2) is 1.99. The van der Waals surface area contributed by atoms with Crippen LogP contribution in [0.1, 0.15) is 11.1 Å². The topological polar surface area (TPSA) is 20.2 Å². The van der Waals surface area contributed by atoms with Gasteiger partial charge in [-0.3, -0.25) is 0 Å². The lowest BCUT2D eigenvalue weighted by Gasteiger charge is -2.00. The van der Waals surface area contributed by atoms with Crippen molar-refractivity contribution in [3.8, 4) is 5.75 Å². The van der Waals surface area contributed by atoms with Gasteiger partial charge in [-0.25, -0.2) is 0 Å². The monoisotopic (exact) mass is 144 g/mol. The van der Waals surface area contributed by atoms with E-state index in [0.717, 1.165) is 16.7 Å². The zero-order chi connectivity index (χ0) is 7.84. The summed E-state index contributed by atoms with van der Waals surface area (Å²) in [4.78, 5) is 0. The molecular weight excluding hydrogens is 136 g/mol. The Morgan fingerprint density at radius 2 is 2.00 bits per heavy atom. The summed E-state index contributed by atoms with van der Waals surface area (Å²) in [5, 5.41) is 9.36. The zero-order valence-corrected chi connectivity index (χ0v) is 6.04. The Morgan fingerprint density at radius 1 is 1.18 bits per heavy atom. The standard InChI is InChI=1S/C10H8O/c1-7-5-6-9-8(7)3-2-4-10(9)11/h2-6,11H,1H2. The predicted octanol–water partition coefficient (Wildman–Crippen LogP) is 2.43. The van der Waals surface area contributed by atoms with E-state index in [1.165, 1.54) is 0 Å². The number of phenolic OH excluding ortho intramolecular Hbond substituents is 1. The van der Waals surface area contributed by atoms with Crippen LogP contribution < -0.4 is 0 Å². The van der Waals surface area contributed by atoms with Gasteiger partial charge in [-0.1, -0.05) is 30.9 Å². The van der Waals surface area contributed by atoms with Crippen LogP contribution in [0.3, 0.4) is 0 Å². The quantitative estimate of drug-likeness (QED) is 0.593. The number of aromatic hydroxyl groups is 1. The van der Waals surface area contributed by atoms with Crippen molar-refractivity contribution < 1.29 is 5.11 Å². The van der Waals surface area contributed by atoms with Crippen molar-refractivity contribution in [2.24, 2.45) is 0 Å². The predicted molar refractivity (Wildman–Crippen MR) is 46.2 cm³/mol. The summed E-state index contributed by atoms with van der Waals surface area (Å²) in [6, 6.07) is 5.46. The molecule has 0 spiro atoms. The summed E-state index contributed by atoms with van der Waals surface area (Å²) in [6.45, 7) is 3.84. The molecule has 1 aliphatic rings. The highest BCUT2D eigenvalue weighted by Gasteiger charge is 2.10. The molecule has 0 fully saturated rings. The van der Waals surface area contributed by atoms with Crippen LogP contribution in [0.25, 0.3) is 11.6 Å². The number of allylic oxidation sites excluding steroid dienone is 2. The van der Waals surface area contributed by atoms with Crippen LogP contribution in [0.4, 0.5) is 0 Å². The van der Waals surface area contributed by atoms with E-state index in [-0.39, 0.29) is 0 Å². The molecule has 0 aliphatic heterocycles. The Hall–Kier alpha value is -1.50. The molecular formula is C10H8O. The lowest BCUT2D eigenvalue weighted by molar-refractivity contribution is 0.474. The molecule has 1 nitrogen and oxygen atoms in total. The van der Waals surface area contributed by atoms with E-state index in [1.807, 2.05) is 24.3 Å². The van der Waals surface area contributed by atoms with E-state index < -0.39 is 0 Å². The molecule has 0 bridgehead atoms. The molecule has 0 saturated heterocycles. The van der Waals surface area contributed by atoms with Gasteiger partial charge in [0.25, 0.3) is 0 Å². The van der Waals surface area contributed by atoms with Crippen molar-refractivity contribution in [3.63, 3.8) is 0 Å². The summed E-state index contributed by atoms with van der Waals surface area (Å²) in [7, 11) is 0. The minimum atomic E-state index is 0.331. The van der Waals surface area contributed by atoms with Crippen LogP contribution >= 0.6 is 0 Å². The van der Waals surface area contributed by atoms with Crippen LogP contribution in [-0.4, -0.2) is 5.11 Å².